The van der Waals surface area contributed by atoms with Crippen molar-refractivity contribution in [1.29, 1.82) is 0 Å². The van der Waals surface area contributed by atoms with Gasteiger partial charge in [0.15, 0.2) is 0 Å². The second-order valence-corrected chi connectivity index (χ2v) is 6.80. The Kier molecular flexibility index (Phi) is 3.27. The third-order valence-corrected chi connectivity index (χ3v) is 5.59. The van der Waals surface area contributed by atoms with Gasteiger partial charge in [-0.05, 0) is 62.2 Å². The maximum Gasteiger partial charge on any atom is 0.126 e. The Labute approximate surface area is 120 Å². The third-order valence-electron chi connectivity index (χ3n) is 5.59. The Morgan fingerprint density at radius 3 is 2.50 bits per heavy atom. The standard InChI is InChI=1S/C17H23FN2/c18-16-4-2-1-3-15(16)13-9-14(10-13)19-17-11-20-7-5-12(17)6-8-20/h1-4,12-14,17,19H,5-11H2. The lowest BCUT2D eigenvalue weighted by atomic mass is 9.74. The topological polar surface area (TPSA) is 15.3 Å². The van der Waals surface area contributed by atoms with Crippen LogP contribution in [0, 0.1) is 11.7 Å². The molecule has 0 spiro atoms. The minimum Gasteiger partial charge on any atom is -0.310 e. The van der Waals surface area contributed by atoms with Crippen LogP contribution in [0.2, 0.25) is 0 Å². The van der Waals surface area contributed by atoms with Crippen LogP contribution >= 0.6 is 0 Å². The minimum absolute atomic E-state index is 0.0289. The van der Waals surface area contributed by atoms with E-state index in [1.54, 1.807) is 12.1 Å². The molecule has 3 aliphatic heterocycles. The first-order chi connectivity index (χ1) is 9.79. The maximum atomic E-state index is 13.7. The molecule has 3 heterocycles. The van der Waals surface area contributed by atoms with E-state index in [-0.39, 0.29) is 5.82 Å². The lowest BCUT2D eigenvalue weighted by Gasteiger charge is -2.48. The van der Waals surface area contributed by atoms with Crippen LogP contribution in [0.4, 0.5) is 4.39 Å². The highest BCUT2D eigenvalue weighted by molar-refractivity contribution is 5.24. The average Bonchev–Trinajstić information content (AvgIpc) is 2.45. The molecule has 0 aromatic heterocycles. The highest BCUT2D eigenvalue weighted by Gasteiger charge is 2.38. The summed E-state index contributed by atoms with van der Waals surface area (Å²) in [5, 5.41) is 3.84. The highest BCUT2D eigenvalue weighted by Crippen LogP contribution is 2.39. The smallest absolute Gasteiger partial charge is 0.126 e. The molecule has 0 amide bonds. The molecule has 108 valence electrons. The Morgan fingerprint density at radius 2 is 1.85 bits per heavy atom. The number of nitrogens with one attached hydrogen (secondary N) is 1. The van der Waals surface area contributed by atoms with E-state index < -0.39 is 0 Å². The molecule has 5 rings (SSSR count). The number of halogens is 1. The van der Waals surface area contributed by atoms with Gasteiger partial charge in [0.05, 0.1) is 0 Å². The van der Waals surface area contributed by atoms with Crippen LogP contribution in [0.5, 0.6) is 0 Å². The second kappa shape index (κ2) is 5.12. The van der Waals surface area contributed by atoms with E-state index in [0.717, 1.165) is 24.3 Å². The molecule has 1 atom stereocenters. The Morgan fingerprint density at radius 1 is 1.10 bits per heavy atom. The zero-order valence-electron chi connectivity index (χ0n) is 11.9. The molecule has 3 saturated heterocycles. The third kappa shape index (κ3) is 2.27. The fraction of sp³-hybridized carbons (Fsp3) is 0.647. The monoisotopic (exact) mass is 274 g/mol. The fourth-order valence-electron chi connectivity index (χ4n) is 4.27. The molecule has 1 N–H and O–H groups in total. The molecule has 4 fully saturated rings. The first-order valence-corrected chi connectivity index (χ1v) is 8.02. The van der Waals surface area contributed by atoms with Gasteiger partial charge < -0.3 is 10.2 Å². The first kappa shape index (κ1) is 12.8. The Bertz CT molecular complexity index is 476. The van der Waals surface area contributed by atoms with Gasteiger partial charge in [0, 0.05) is 18.6 Å². The molecule has 0 radical (unpaired) electrons. The van der Waals surface area contributed by atoms with Crippen molar-refractivity contribution >= 4 is 0 Å². The van der Waals surface area contributed by atoms with Crippen molar-refractivity contribution in [2.24, 2.45) is 5.92 Å². The molecule has 2 nitrogen and oxygen atoms in total. The van der Waals surface area contributed by atoms with E-state index in [4.69, 9.17) is 0 Å². The molecule has 1 aromatic carbocycles. The van der Waals surface area contributed by atoms with Crippen molar-refractivity contribution in [3.05, 3.63) is 35.6 Å². The van der Waals surface area contributed by atoms with Crippen molar-refractivity contribution in [1.82, 2.24) is 10.2 Å². The summed E-state index contributed by atoms with van der Waals surface area (Å²) in [6.07, 6.45) is 4.93. The predicted octanol–water partition coefficient (Wildman–Crippen LogP) is 2.76. The number of hydrogen-bond donors (Lipinski definition) is 1. The number of piperidine rings is 3. The number of hydrogen-bond acceptors (Lipinski definition) is 2. The minimum atomic E-state index is -0.0289. The van der Waals surface area contributed by atoms with Gasteiger partial charge in [-0.2, -0.15) is 0 Å². The molecule has 1 unspecified atom stereocenters. The largest absolute Gasteiger partial charge is 0.310 e. The van der Waals surface area contributed by atoms with Crippen LogP contribution in [-0.4, -0.2) is 36.6 Å². The molecule has 20 heavy (non-hydrogen) atoms. The zero-order valence-corrected chi connectivity index (χ0v) is 11.9. The SMILES string of the molecule is Fc1ccccc1C1CC(NC2CN3CCC2CC3)C1. The average molecular weight is 274 g/mol. The van der Waals surface area contributed by atoms with Crippen LogP contribution in [-0.2, 0) is 0 Å². The summed E-state index contributed by atoms with van der Waals surface area (Å²) >= 11 is 0. The number of fused-ring (bicyclic) bond motifs is 3. The fourth-order valence-corrected chi connectivity index (χ4v) is 4.27. The normalized spacial score (nSPS) is 39.5. The molecule has 1 aliphatic carbocycles. The Hall–Kier alpha value is -0.930. The number of nitrogens with zero attached hydrogens (tertiary/aromatic N) is 1. The lowest BCUT2D eigenvalue weighted by Crippen LogP contribution is -2.59. The molecule has 2 bridgehead atoms. The van der Waals surface area contributed by atoms with Gasteiger partial charge >= 0.3 is 0 Å². The summed E-state index contributed by atoms with van der Waals surface area (Å²) in [5.41, 5.74) is 0.916. The molecule has 1 saturated carbocycles. The van der Waals surface area contributed by atoms with E-state index >= 15 is 0 Å². The van der Waals surface area contributed by atoms with Crippen LogP contribution in [0.15, 0.2) is 24.3 Å². The molecule has 3 heteroatoms. The molecular formula is C17H23FN2. The molecule has 1 aromatic rings. The summed E-state index contributed by atoms with van der Waals surface area (Å²) < 4.78 is 13.7. The van der Waals surface area contributed by atoms with Crippen LogP contribution in [0.3, 0.4) is 0 Å². The first-order valence-electron chi connectivity index (χ1n) is 8.02. The van der Waals surface area contributed by atoms with E-state index in [0.29, 0.717) is 18.0 Å². The quantitative estimate of drug-likeness (QED) is 0.912. The lowest BCUT2D eigenvalue weighted by molar-refractivity contribution is 0.0583. The van der Waals surface area contributed by atoms with Crippen molar-refractivity contribution in [2.45, 2.75) is 43.7 Å². The van der Waals surface area contributed by atoms with Crippen LogP contribution in [0.1, 0.15) is 37.2 Å². The highest BCUT2D eigenvalue weighted by atomic mass is 19.1. The van der Waals surface area contributed by atoms with E-state index in [1.165, 1.54) is 32.5 Å². The summed E-state index contributed by atoms with van der Waals surface area (Å²) in [7, 11) is 0. The van der Waals surface area contributed by atoms with Gasteiger partial charge in [0.25, 0.3) is 0 Å². The second-order valence-electron chi connectivity index (χ2n) is 6.80. The number of benzene rings is 1. The summed E-state index contributed by atoms with van der Waals surface area (Å²) in [4.78, 5) is 2.59. The summed E-state index contributed by atoms with van der Waals surface area (Å²) in [6.45, 7) is 3.82. The van der Waals surface area contributed by atoms with E-state index in [9.17, 15) is 4.39 Å². The van der Waals surface area contributed by atoms with Crippen molar-refractivity contribution in [2.75, 3.05) is 19.6 Å². The molecular weight excluding hydrogens is 251 g/mol. The molecule has 4 aliphatic rings. The van der Waals surface area contributed by atoms with Gasteiger partial charge in [-0.1, -0.05) is 18.2 Å². The van der Waals surface area contributed by atoms with Gasteiger partial charge in [-0.15, -0.1) is 0 Å². The summed E-state index contributed by atoms with van der Waals surface area (Å²) in [6, 6.07) is 8.55. The van der Waals surface area contributed by atoms with E-state index in [2.05, 4.69) is 10.2 Å². The predicted molar refractivity (Wildman–Crippen MR) is 78.3 cm³/mol. The van der Waals surface area contributed by atoms with Gasteiger partial charge in [-0.25, -0.2) is 4.39 Å². The van der Waals surface area contributed by atoms with Gasteiger partial charge in [0.1, 0.15) is 5.82 Å². The number of rotatable bonds is 3. The van der Waals surface area contributed by atoms with Crippen molar-refractivity contribution in [3.8, 4) is 0 Å². The van der Waals surface area contributed by atoms with Crippen LogP contribution < -0.4 is 5.32 Å². The zero-order chi connectivity index (χ0) is 13.5. The van der Waals surface area contributed by atoms with Crippen LogP contribution in [0.25, 0.3) is 0 Å². The van der Waals surface area contributed by atoms with Crippen molar-refractivity contribution in [3.63, 3.8) is 0 Å². The maximum absolute atomic E-state index is 13.7. The van der Waals surface area contributed by atoms with Gasteiger partial charge in [0.2, 0.25) is 0 Å². The Balaban J connectivity index is 1.32. The summed E-state index contributed by atoms with van der Waals surface area (Å²) in [5.74, 6) is 1.28. The van der Waals surface area contributed by atoms with E-state index in [1.807, 2.05) is 12.1 Å². The van der Waals surface area contributed by atoms with Crippen molar-refractivity contribution < 1.29 is 4.39 Å². The van der Waals surface area contributed by atoms with Gasteiger partial charge in [-0.3, -0.25) is 0 Å².